The van der Waals surface area contributed by atoms with Gasteiger partial charge in [0.1, 0.15) is 0 Å². The van der Waals surface area contributed by atoms with Crippen molar-refractivity contribution in [1.82, 2.24) is 9.96 Å². The molecule has 11 heteroatoms. The summed E-state index contributed by atoms with van der Waals surface area (Å²) < 4.78 is 0. The van der Waals surface area contributed by atoms with Crippen molar-refractivity contribution in [3.8, 4) is 0 Å². The second kappa shape index (κ2) is 8.71. The van der Waals surface area contributed by atoms with Gasteiger partial charge < -0.3 is 4.84 Å². The minimum absolute atomic E-state index is 0.0829. The lowest BCUT2D eigenvalue weighted by molar-refractivity contribution is -0.384. The third-order valence-corrected chi connectivity index (χ3v) is 6.03. The van der Waals surface area contributed by atoms with E-state index in [9.17, 15) is 29.3 Å². The highest BCUT2D eigenvalue weighted by molar-refractivity contribution is 6.29. The van der Waals surface area contributed by atoms with Gasteiger partial charge in [-0.2, -0.15) is 0 Å². The molecular formula is C23H18ClN3O7. The normalized spacial score (nSPS) is 19.0. The predicted octanol–water partition coefficient (Wildman–Crippen LogP) is 3.00. The highest BCUT2D eigenvalue weighted by atomic mass is 35.5. The number of alkyl halides is 1. The van der Waals surface area contributed by atoms with Crippen LogP contribution < -0.4 is 0 Å². The van der Waals surface area contributed by atoms with E-state index in [0.29, 0.717) is 16.2 Å². The van der Waals surface area contributed by atoms with Gasteiger partial charge in [-0.15, -0.1) is 5.06 Å². The molecule has 2 aliphatic rings. The quantitative estimate of drug-likeness (QED) is 0.117. The van der Waals surface area contributed by atoms with Gasteiger partial charge in [0.2, 0.25) is 0 Å². The number of halogens is 1. The maximum absolute atomic E-state index is 12.8. The van der Waals surface area contributed by atoms with Gasteiger partial charge in [0.15, 0.2) is 11.5 Å². The fourth-order valence-corrected chi connectivity index (χ4v) is 4.10. The summed E-state index contributed by atoms with van der Waals surface area (Å²) in [5.74, 6) is -2.91. The Balaban J connectivity index is 1.46. The first kappa shape index (κ1) is 23.1. The number of β-lactam (4-membered cyclic amide) rings is 1. The molecule has 2 aromatic rings. The van der Waals surface area contributed by atoms with Crippen molar-refractivity contribution in [3.63, 3.8) is 0 Å². The van der Waals surface area contributed by atoms with Crippen LogP contribution in [0.1, 0.15) is 40.1 Å². The Morgan fingerprint density at radius 3 is 2.06 bits per heavy atom. The molecular weight excluding hydrogens is 466 g/mol. The van der Waals surface area contributed by atoms with E-state index in [4.69, 9.17) is 16.4 Å². The smallest absolute Gasteiger partial charge is 0.331 e. The lowest BCUT2D eigenvalue weighted by atomic mass is 10.0. The van der Waals surface area contributed by atoms with Crippen molar-refractivity contribution in [2.75, 3.05) is 0 Å². The van der Waals surface area contributed by atoms with Crippen LogP contribution in [0.15, 0.2) is 59.7 Å². The van der Waals surface area contributed by atoms with Crippen LogP contribution in [0.4, 0.5) is 5.69 Å². The van der Waals surface area contributed by atoms with E-state index in [2.05, 4.69) is 0 Å². The summed E-state index contributed by atoms with van der Waals surface area (Å²) in [4.78, 5) is 67.1. The van der Waals surface area contributed by atoms with Gasteiger partial charge in [-0.3, -0.25) is 29.4 Å². The average molecular weight is 484 g/mol. The van der Waals surface area contributed by atoms with E-state index in [1.165, 1.54) is 36.4 Å². The van der Waals surface area contributed by atoms with E-state index in [1.807, 2.05) is 0 Å². The molecule has 3 amide bonds. The molecule has 10 nitrogen and oxygen atoms in total. The largest absolute Gasteiger partial charge is 0.359 e. The van der Waals surface area contributed by atoms with E-state index in [-0.39, 0.29) is 28.8 Å². The Morgan fingerprint density at radius 1 is 1.03 bits per heavy atom. The van der Waals surface area contributed by atoms with Crippen LogP contribution in [-0.2, 0) is 20.8 Å². The Labute approximate surface area is 198 Å². The van der Waals surface area contributed by atoms with Gasteiger partial charge in [-0.1, -0.05) is 41.4 Å². The van der Waals surface area contributed by atoms with Crippen LogP contribution in [0.5, 0.6) is 0 Å². The first-order valence-corrected chi connectivity index (χ1v) is 10.6. The Hall–Kier alpha value is -4.05. The molecule has 2 aromatic carbocycles. The molecule has 2 unspecified atom stereocenters. The van der Waals surface area contributed by atoms with Crippen LogP contribution in [0, 0.1) is 10.1 Å². The number of benzene rings is 2. The van der Waals surface area contributed by atoms with Crippen LogP contribution in [0.3, 0.4) is 0 Å². The summed E-state index contributed by atoms with van der Waals surface area (Å²) in [7, 11) is 0. The Kier molecular flexibility index (Phi) is 5.92. The molecule has 174 valence electrons. The zero-order chi connectivity index (χ0) is 24.7. The van der Waals surface area contributed by atoms with E-state index < -0.39 is 40.2 Å². The second-order valence-electron chi connectivity index (χ2n) is 7.97. The SMILES string of the molecule is CC(C)=C(Cc1ccc([N+](=O)[O-])cc1)C(=O)ON1C(=O)C(N2C(=O)c3ccccc3C2=O)C1Cl. The molecule has 2 heterocycles. The molecule has 1 saturated heterocycles. The number of hydrogen-bond acceptors (Lipinski definition) is 7. The van der Waals surface area contributed by atoms with E-state index in [1.54, 1.807) is 26.0 Å². The molecule has 0 N–H and O–H groups in total. The molecule has 1 fully saturated rings. The third-order valence-electron chi connectivity index (χ3n) is 5.62. The molecule has 0 bridgehead atoms. The van der Waals surface area contributed by atoms with Crippen molar-refractivity contribution in [1.29, 1.82) is 0 Å². The van der Waals surface area contributed by atoms with Gasteiger partial charge >= 0.3 is 5.97 Å². The monoisotopic (exact) mass is 483 g/mol. The molecule has 34 heavy (non-hydrogen) atoms. The number of hydroxylamine groups is 2. The number of carbonyl (C=O) groups is 4. The number of carbonyl (C=O) groups excluding carboxylic acids is 4. The lowest BCUT2D eigenvalue weighted by Crippen LogP contribution is -2.69. The van der Waals surface area contributed by atoms with Crippen molar-refractivity contribution in [3.05, 3.63) is 86.5 Å². The van der Waals surface area contributed by atoms with Crippen LogP contribution >= 0.6 is 11.6 Å². The molecule has 0 aromatic heterocycles. The van der Waals surface area contributed by atoms with Gasteiger partial charge in [-0.05, 0) is 31.5 Å². The lowest BCUT2D eigenvalue weighted by Gasteiger charge is -2.43. The summed E-state index contributed by atoms with van der Waals surface area (Å²) >= 11 is 6.27. The number of non-ortho nitro benzene ring substituents is 1. The van der Waals surface area contributed by atoms with Crippen molar-refractivity contribution in [2.24, 2.45) is 0 Å². The first-order chi connectivity index (χ1) is 16.1. The molecule has 0 spiro atoms. The summed E-state index contributed by atoms with van der Waals surface area (Å²) in [5.41, 5.74) is 0.481. The summed E-state index contributed by atoms with van der Waals surface area (Å²) in [6.45, 7) is 3.36. The number of nitro groups is 1. The van der Waals surface area contributed by atoms with Gasteiger partial charge in [0, 0.05) is 24.1 Å². The maximum atomic E-state index is 12.8. The Bertz CT molecular complexity index is 1230. The summed E-state index contributed by atoms with van der Waals surface area (Å²) in [5, 5.41) is 11.5. The number of nitro benzene ring substituents is 1. The zero-order valence-corrected chi connectivity index (χ0v) is 18.8. The van der Waals surface area contributed by atoms with E-state index >= 15 is 0 Å². The number of nitrogens with zero attached hydrogens (tertiary/aromatic N) is 3. The molecule has 2 atom stereocenters. The third kappa shape index (κ3) is 3.81. The van der Waals surface area contributed by atoms with Crippen molar-refractivity contribution in [2.45, 2.75) is 31.8 Å². The second-order valence-corrected chi connectivity index (χ2v) is 8.41. The number of rotatable bonds is 6. The number of allylic oxidation sites excluding steroid dienone is 1. The summed E-state index contributed by atoms with van der Waals surface area (Å²) in [6.07, 6.45) is 0.107. The predicted molar refractivity (Wildman–Crippen MR) is 118 cm³/mol. The highest BCUT2D eigenvalue weighted by Gasteiger charge is 2.58. The minimum Gasteiger partial charge on any atom is -0.331 e. The molecule has 2 aliphatic heterocycles. The van der Waals surface area contributed by atoms with Gasteiger partial charge in [-0.25, -0.2) is 4.79 Å². The first-order valence-electron chi connectivity index (χ1n) is 10.2. The standard InChI is InChI=1S/C23H18ClN3O7/c1-12(2)17(11-13-7-9-14(10-8-13)27(32)33)23(31)34-26-19(24)18(22(26)30)25-20(28)15-5-3-4-6-16(15)21(25)29/h3-10,18-19H,11H2,1-2H3. The highest BCUT2D eigenvalue weighted by Crippen LogP contribution is 2.35. The minimum atomic E-state index is -1.30. The molecule has 0 saturated carbocycles. The van der Waals surface area contributed by atoms with E-state index in [0.717, 1.165) is 4.90 Å². The molecule has 4 rings (SSSR count). The molecule has 0 aliphatic carbocycles. The van der Waals surface area contributed by atoms with Crippen LogP contribution in [0.2, 0.25) is 0 Å². The molecule has 0 radical (unpaired) electrons. The number of hydrogen-bond donors (Lipinski definition) is 0. The van der Waals surface area contributed by atoms with Crippen molar-refractivity contribution >= 4 is 41.0 Å². The van der Waals surface area contributed by atoms with Gasteiger partial charge in [0.25, 0.3) is 23.4 Å². The number of amides is 3. The topological polar surface area (TPSA) is 127 Å². The maximum Gasteiger partial charge on any atom is 0.359 e. The number of fused-ring (bicyclic) bond motifs is 1. The summed E-state index contributed by atoms with van der Waals surface area (Å²) in [6, 6.07) is 10.6. The fraction of sp³-hybridized carbons (Fsp3) is 0.217. The number of imide groups is 1. The average Bonchev–Trinajstić information content (AvgIpc) is 3.06. The fourth-order valence-electron chi connectivity index (χ4n) is 3.74. The van der Waals surface area contributed by atoms with Crippen LogP contribution in [0.25, 0.3) is 0 Å². The van der Waals surface area contributed by atoms with Crippen LogP contribution in [-0.4, -0.2) is 50.1 Å². The van der Waals surface area contributed by atoms with Crippen molar-refractivity contribution < 1.29 is 28.9 Å². The van der Waals surface area contributed by atoms with Gasteiger partial charge in [0.05, 0.1) is 16.1 Å². The zero-order valence-electron chi connectivity index (χ0n) is 18.1. The Morgan fingerprint density at radius 2 is 1.59 bits per heavy atom.